The molecular formula is C19H19F2N7O. The first-order chi connectivity index (χ1) is 14.1. The van der Waals surface area contributed by atoms with E-state index in [-0.39, 0.29) is 11.7 Å². The summed E-state index contributed by atoms with van der Waals surface area (Å²) in [6.45, 7) is 2.22. The van der Waals surface area contributed by atoms with Crippen LogP contribution in [0.1, 0.15) is 24.6 Å². The number of anilines is 2. The van der Waals surface area contributed by atoms with Gasteiger partial charge in [0.05, 0.1) is 0 Å². The third-order valence-corrected chi connectivity index (χ3v) is 5.28. The first-order valence-electron chi connectivity index (χ1n) is 9.57. The predicted molar refractivity (Wildman–Crippen MR) is 102 cm³/mol. The summed E-state index contributed by atoms with van der Waals surface area (Å²) >= 11 is 0. The molecule has 1 aliphatic carbocycles. The van der Waals surface area contributed by atoms with E-state index in [1.807, 2.05) is 16.6 Å². The van der Waals surface area contributed by atoms with Gasteiger partial charge in [-0.3, -0.25) is 0 Å². The zero-order chi connectivity index (χ0) is 20.0. The number of amides is 2. The Morgan fingerprint density at radius 1 is 1.00 bits per heavy atom. The van der Waals surface area contributed by atoms with Crippen LogP contribution in [0, 0.1) is 11.6 Å². The molecule has 2 fully saturated rings. The molecule has 1 N–H and O–H groups in total. The van der Waals surface area contributed by atoms with Crippen molar-refractivity contribution in [3.05, 3.63) is 47.8 Å². The number of fused-ring (bicyclic) bond motifs is 1. The van der Waals surface area contributed by atoms with Crippen LogP contribution in [0.25, 0.3) is 5.65 Å². The first kappa shape index (κ1) is 17.8. The Bertz CT molecular complexity index is 1070. The maximum atomic E-state index is 13.3. The van der Waals surface area contributed by atoms with Crippen LogP contribution in [-0.2, 0) is 0 Å². The second-order valence-corrected chi connectivity index (χ2v) is 7.33. The summed E-state index contributed by atoms with van der Waals surface area (Å²) in [6.07, 6.45) is 2.25. The van der Waals surface area contributed by atoms with E-state index in [1.54, 1.807) is 4.90 Å². The Balaban J connectivity index is 1.24. The summed E-state index contributed by atoms with van der Waals surface area (Å²) < 4.78 is 28.2. The van der Waals surface area contributed by atoms with Gasteiger partial charge in [0, 0.05) is 43.9 Å². The van der Waals surface area contributed by atoms with Crippen molar-refractivity contribution in [1.82, 2.24) is 24.7 Å². The van der Waals surface area contributed by atoms with E-state index in [4.69, 9.17) is 5.10 Å². The number of hydrogen-bond donors (Lipinski definition) is 1. The number of halogens is 2. The largest absolute Gasteiger partial charge is 0.352 e. The number of rotatable bonds is 3. The Morgan fingerprint density at radius 2 is 1.79 bits per heavy atom. The highest BCUT2D eigenvalue weighted by atomic mass is 19.2. The lowest BCUT2D eigenvalue weighted by atomic mass is 10.3. The van der Waals surface area contributed by atoms with E-state index in [9.17, 15) is 13.6 Å². The van der Waals surface area contributed by atoms with Crippen LogP contribution in [0.2, 0.25) is 0 Å². The smallest absolute Gasteiger partial charge is 0.321 e. The van der Waals surface area contributed by atoms with Crippen LogP contribution in [0.15, 0.2) is 30.3 Å². The van der Waals surface area contributed by atoms with Crippen molar-refractivity contribution in [2.45, 2.75) is 18.8 Å². The number of hydrogen-bond acceptors (Lipinski definition) is 5. The van der Waals surface area contributed by atoms with Crippen molar-refractivity contribution in [3.8, 4) is 0 Å². The average molecular weight is 399 g/mol. The minimum absolute atomic E-state index is 0.226. The third kappa shape index (κ3) is 3.45. The Kier molecular flexibility index (Phi) is 4.26. The molecule has 10 heteroatoms. The molecule has 0 unspecified atom stereocenters. The van der Waals surface area contributed by atoms with E-state index in [1.165, 1.54) is 6.07 Å². The maximum absolute atomic E-state index is 13.3. The fourth-order valence-electron chi connectivity index (χ4n) is 3.48. The van der Waals surface area contributed by atoms with Crippen molar-refractivity contribution in [3.63, 3.8) is 0 Å². The molecule has 3 aromatic rings. The van der Waals surface area contributed by atoms with Gasteiger partial charge in [-0.05, 0) is 37.1 Å². The lowest BCUT2D eigenvalue weighted by Gasteiger charge is -2.35. The predicted octanol–water partition coefficient (Wildman–Crippen LogP) is 2.63. The molecule has 5 rings (SSSR count). The van der Waals surface area contributed by atoms with Crippen molar-refractivity contribution < 1.29 is 13.6 Å². The zero-order valence-electron chi connectivity index (χ0n) is 15.6. The van der Waals surface area contributed by atoms with Crippen LogP contribution >= 0.6 is 0 Å². The Hall–Kier alpha value is -3.30. The molecule has 2 amide bonds. The minimum atomic E-state index is -0.992. The van der Waals surface area contributed by atoms with Crippen LogP contribution in [-0.4, -0.2) is 56.9 Å². The number of piperazine rings is 1. The van der Waals surface area contributed by atoms with Gasteiger partial charge in [-0.1, -0.05) is 0 Å². The highest BCUT2D eigenvalue weighted by Gasteiger charge is 2.30. The van der Waals surface area contributed by atoms with Gasteiger partial charge < -0.3 is 15.1 Å². The summed E-state index contributed by atoms with van der Waals surface area (Å²) in [6, 6.07) is 6.78. The van der Waals surface area contributed by atoms with Gasteiger partial charge in [-0.2, -0.15) is 4.52 Å². The SMILES string of the molecule is O=C(Nc1ccc(F)c(F)c1)N1CCN(c2ccc3nnc(C4CC4)n3n2)CC1. The molecule has 1 aromatic carbocycles. The lowest BCUT2D eigenvalue weighted by molar-refractivity contribution is 0.208. The second-order valence-electron chi connectivity index (χ2n) is 7.33. The van der Waals surface area contributed by atoms with Crippen molar-refractivity contribution in [2.75, 3.05) is 36.4 Å². The molecule has 1 saturated heterocycles. The fraction of sp³-hybridized carbons (Fsp3) is 0.368. The van der Waals surface area contributed by atoms with Gasteiger partial charge >= 0.3 is 6.03 Å². The van der Waals surface area contributed by atoms with Crippen LogP contribution in [0.5, 0.6) is 0 Å². The number of nitrogens with zero attached hydrogens (tertiary/aromatic N) is 6. The van der Waals surface area contributed by atoms with Crippen molar-refractivity contribution >= 4 is 23.2 Å². The Morgan fingerprint density at radius 3 is 2.52 bits per heavy atom. The second kappa shape index (κ2) is 6.94. The van der Waals surface area contributed by atoms with Crippen molar-refractivity contribution in [1.29, 1.82) is 0 Å². The van der Waals surface area contributed by atoms with E-state index in [0.29, 0.717) is 32.1 Å². The lowest BCUT2D eigenvalue weighted by Crippen LogP contribution is -2.50. The number of carbonyl (C=O) groups is 1. The molecule has 1 aliphatic heterocycles. The third-order valence-electron chi connectivity index (χ3n) is 5.28. The topological polar surface area (TPSA) is 78.7 Å². The standard InChI is InChI=1S/C19H19F2N7O/c20-14-4-3-13(11-15(14)21)22-19(29)27-9-7-26(8-10-27)17-6-5-16-23-24-18(12-1-2-12)28(16)25-17/h3-6,11-12H,1-2,7-10H2,(H,22,29). The maximum Gasteiger partial charge on any atom is 0.321 e. The number of carbonyl (C=O) groups excluding carboxylic acids is 1. The number of aromatic nitrogens is 4. The minimum Gasteiger partial charge on any atom is -0.352 e. The van der Waals surface area contributed by atoms with Crippen LogP contribution < -0.4 is 10.2 Å². The molecule has 2 aliphatic rings. The van der Waals surface area contributed by atoms with E-state index < -0.39 is 11.6 Å². The van der Waals surface area contributed by atoms with E-state index in [0.717, 1.165) is 42.3 Å². The van der Waals surface area contributed by atoms with Gasteiger partial charge in [0.1, 0.15) is 5.82 Å². The van der Waals surface area contributed by atoms with E-state index in [2.05, 4.69) is 20.4 Å². The summed E-state index contributed by atoms with van der Waals surface area (Å²) in [5, 5.41) is 15.7. The molecule has 0 atom stereocenters. The van der Waals surface area contributed by atoms with E-state index >= 15 is 0 Å². The van der Waals surface area contributed by atoms with Gasteiger partial charge in [0.2, 0.25) is 0 Å². The quantitative estimate of drug-likeness (QED) is 0.733. The van der Waals surface area contributed by atoms with Gasteiger partial charge in [0.25, 0.3) is 0 Å². The molecule has 0 radical (unpaired) electrons. The number of urea groups is 1. The molecule has 29 heavy (non-hydrogen) atoms. The summed E-state index contributed by atoms with van der Waals surface area (Å²) in [5.41, 5.74) is 0.962. The molecule has 8 nitrogen and oxygen atoms in total. The molecule has 3 heterocycles. The fourth-order valence-corrected chi connectivity index (χ4v) is 3.48. The number of nitrogens with one attached hydrogen (secondary N) is 1. The van der Waals surface area contributed by atoms with Gasteiger partial charge in [0.15, 0.2) is 23.1 Å². The summed E-state index contributed by atoms with van der Waals surface area (Å²) in [4.78, 5) is 16.2. The van der Waals surface area contributed by atoms with Crippen LogP contribution in [0.3, 0.4) is 0 Å². The Labute approximate surface area is 165 Å². The highest BCUT2D eigenvalue weighted by Crippen LogP contribution is 2.38. The molecule has 0 spiro atoms. The number of benzene rings is 1. The van der Waals surface area contributed by atoms with Crippen LogP contribution in [0.4, 0.5) is 25.1 Å². The highest BCUT2D eigenvalue weighted by molar-refractivity contribution is 5.89. The van der Waals surface area contributed by atoms with Gasteiger partial charge in [-0.15, -0.1) is 15.3 Å². The molecule has 2 aromatic heterocycles. The summed E-state index contributed by atoms with van der Waals surface area (Å²) in [5.74, 6) is 0.239. The summed E-state index contributed by atoms with van der Waals surface area (Å²) in [7, 11) is 0. The molecule has 0 bridgehead atoms. The van der Waals surface area contributed by atoms with Crippen molar-refractivity contribution in [2.24, 2.45) is 0 Å². The first-order valence-corrected chi connectivity index (χ1v) is 9.57. The monoisotopic (exact) mass is 399 g/mol. The molecule has 1 saturated carbocycles. The van der Waals surface area contributed by atoms with Gasteiger partial charge in [-0.25, -0.2) is 13.6 Å². The normalized spacial score (nSPS) is 17.0. The zero-order valence-corrected chi connectivity index (χ0v) is 15.6. The molecular weight excluding hydrogens is 380 g/mol. The molecule has 150 valence electrons. The average Bonchev–Trinajstić information content (AvgIpc) is 3.49.